The molecule has 1 aliphatic heterocycles. The lowest BCUT2D eigenvalue weighted by Gasteiger charge is -2.27. The van der Waals surface area contributed by atoms with Gasteiger partial charge in [0.2, 0.25) is 0 Å². The van der Waals surface area contributed by atoms with E-state index >= 15 is 0 Å². The minimum absolute atomic E-state index is 0.245. The molecule has 6 heteroatoms. The van der Waals surface area contributed by atoms with Crippen LogP contribution in [0.15, 0.2) is 47.6 Å². The lowest BCUT2D eigenvalue weighted by atomic mass is 9.96. The smallest absolute Gasteiger partial charge is 0.323 e. The summed E-state index contributed by atoms with van der Waals surface area (Å²) >= 11 is 0. The van der Waals surface area contributed by atoms with Crippen LogP contribution in [0.1, 0.15) is 32.6 Å². The highest BCUT2D eigenvalue weighted by atomic mass is 16.4. The van der Waals surface area contributed by atoms with Crippen LogP contribution in [0, 0.1) is 11.8 Å². The molecule has 130 valence electrons. The summed E-state index contributed by atoms with van der Waals surface area (Å²) in [6.45, 7) is 0.129. The zero-order chi connectivity index (χ0) is 18.5. The molecule has 0 saturated heterocycles. The van der Waals surface area contributed by atoms with E-state index in [9.17, 15) is 9.59 Å². The number of hydrogen-bond acceptors (Lipinski definition) is 4. The van der Waals surface area contributed by atoms with Crippen molar-refractivity contribution in [1.29, 1.82) is 0 Å². The molecule has 2 aromatic rings. The molecule has 1 amide bonds. The molecular formula is C20H17N3O3. The zero-order valence-corrected chi connectivity index (χ0v) is 14.0. The van der Waals surface area contributed by atoms with Gasteiger partial charge in [-0.15, -0.1) is 0 Å². The fourth-order valence-electron chi connectivity index (χ4n) is 2.81. The van der Waals surface area contributed by atoms with Crippen molar-refractivity contribution in [2.45, 2.75) is 6.42 Å². The average molecular weight is 347 g/mol. The van der Waals surface area contributed by atoms with E-state index in [0.717, 1.165) is 22.3 Å². The number of aliphatic carboxylic acids is 1. The molecule has 0 saturated carbocycles. The van der Waals surface area contributed by atoms with Crippen molar-refractivity contribution in [3.63, 3.8) is 0 Å². The standard InChI is InChI=1S/C20H17N3O3/c21-22-12-16-5-2-14(3-6-16)1-4-15-7-8-18-17(11-15)9-10-23(20(18)26)13-19(24)25/h2-3,5-8,11-12H,9-10,13,21H2,(H,24,25). The molecule has 1 aliphatic rings. The van der Waals surface area contributed by atoms with Gasteiger partial charge in [0.1, 0.15) is 6.54 Å². The zero-order valence-electron chi connectivity index (χ0n) is 14.0. The molecule has 26 heavy (non-hydrogen) atoms. The number of amides is 1. The van der Waals surface area contributed by atoms with Crippen molar-refractivity contribution in [3.8, 4) is 11.8 Å². The minimum Gasteiger partial charge on any atom is -0.480 e. The van der Waals surface area contributed by atoms with Crippen molar-refractivity contribution in [1.82, 2.24) is 4.90 Å². The first-order chi connectivity index (χ1) is 12.6. The fraction of sp³-hybridized carbons (Fsp3) is 0.150. The number of fused-ring (bicyclic) bond motifs is 1. The summed E-state index contributed by atoms with van der Waals surface area (Å²) in [6, 6.07) is 12.9. The van der Waals surface area contributed by atoms with Crippen LogP contribution in [0.2, 0.25) is 0 Å². The summed E-state index contributed by atoms with van der Waals surface area (Å²) in [7, 11) is 0. The van der Waals surface area contributed by atoms with Crippen LogP contribution in [0.25, 0.3) is 0 Å². The van der Waals surface area contributed by atoms with Crippen LogP contribution in [0.4, 0.5) is 0 Å². The molecule has 0 atom stereocenters. The van der Waals surface area contributed by atoms with Crippen LogP contribution in [0.5, 0.6) is 0 Å². The van der Waals surface area contributed by atoms with Crippen molar-refractivity contribution >= 4 is 18.1 Å². The van der Waals surface area contributed by atoms with Crippen LogP contribution >= 0.6 is 0 Å². The molecule has 0 aromatic heterocycles. The first-order valence-corrected chi connectivity index (χ1v) is 8.06. The summed E-state index contributed by atoms with van der Waals surface area (Å²) in [5.74, 6) is 10.0. The molecule has 6 nitrogen and oxygen atoms in total. The van der Waals surface area contributed by atoms with Gasteiger partial charge in [-0.3, -0.25) is 9.59 Å². The number of hydrogen-bond donors (Lipinski definition) is 2. The number of rotatable bonds is 3. The van der Waals surface area contributed by atoms with Gasteiger partial charge in [-0.05, 0) is 47.9 Å². The monoisotopic (exact) mass is 347 g/mol. The van der Waals surface area contributed by atoms with Gasteiger partial charge in [0, 0.05) is 23.2 Å². The Balaban J connectivity index is 1.78. The normalized spacial score (nSPS) is 13.2. The van der Waals surface area contributed by atoms with Gasteiger partial charge < -0.3 is 15.8 Å². The first kappa shape index (κ1) is 17.2. The average Bonchev–Trinajstić information content (AvgIpc) is 2.63. The van der Waals surface area contributed by atoms with Gasteiger partial charge in [-0.2, -0.15) is 5.10 Å². The van der Waals surface area contributed by atoms with Crippen LogP contribution in [-0.2, 0) is 11.2 Å². The molecule has 0 radical (unpaired) electrons. The lowest BCUT2D eigenvalue weighted by Crippen LogP contribution is -2.40. The predicted molar refractivity (Wildman–Crippen MR) is 97.9 cm³/mol. The Labute approximate surface area is 150 Å². The highest BCUT2D eigenvalue weighted by Gasteiger charge is 2.25. The minimum atomic E-state index is -1.01. The van der Waals surface area contributed by atoms with Gasteiger partial charge in [0.05, 0.1) is 6.21 Å². The summed E-state index contributed by atoms with van der Waals surface area (Å²) in [5, 5.41) is 12.3. The maximum absolute atomic E-state index is 12.3. The molecular weight excluding hydrogens is 330 g/mol. The van der Waals surface area contributed by atoms with Crippen LogP contribution < -0.4 is 5.84 Å². The van der Waals surface area contributed by atoms with Crippen molar-refractivity contribution in [3.05, 3.63) is 70.3 Å². The van der Waals surface area contributed by atoms with Crippen LogP contribution in [0.3, 0.4) is 0 Å². The number of benzene rings is 2. The van der Waals surface area contributed by atoms with Gasteiger partial charge in [0.25, 0.3) is 5.91 Å². The van der Waals surface area contributed by atoms with E-state index < -0.39 is 5.97 Å². The van der Waals surface area contributed by atoms with E-state index in [4.69, 9.17) is 10.9 Å². The van der Waals surface area contributed by atoms with E-state index in [1.165, 1.54) is 4.90 Å². The molecule has 0 bridgehead atoms. The van der Waals surface area contributed by atoms with Gasteiger partial charge in [-0.25, -0.2) is 0 Å². The number of carbonyl (C=O) groups is 2. The van der Waals surface area contributed by atoms with Gasteiger partial charge in [-0.1, -0.05) is 24.0 Å². The van der Waals surface area contributed by atoms with Crippen molar-refractivity contribution < 1.29 is 14.7 Å². The predicted octanol–water partition coefficient (Wildman–Crippen LogP) is 1.46. The second-order valence-corrected chi connectivity index (χ2v) is 5.89. The summed E-state index contributed by atoms with van der Waals surface area (Å²) in [6.07, 6.45) is 2.18. The Morgan fingerprint density at radius 2 is 1.88 bits per heavy atom. The van der Waals surface area contributed by atoms with E-state index in [1.807, 2.05) is 30.3 Å². The molecule has 2 aromatic carbocycles. The fourth-order valence-corrected chi connectivity index (χ4v) is 2.81. The second-order valence-electron chi connectivity index (χ2n) is 5.89. The Hall–Kier alpha value is -3.59. The van der Waals surface area contributed by atoms with Crippen molar-refractivity contribution in [2.75, 3.05) is 13.1 Å². The summed E-state index contributed by atoms with van der Waals surface area (Å²) < 4.78 is 0. The molecule has 0 spiro atoms. The summed E-state index contributed by atoms with van der Waals surface area (Å²) in [4.78, 5) is 24.5. The largest absolute Gasteiger partial charge is 0.480 e. The van der Waals surface area contributed by atoms with Gasteiger partial charge in [0.15, 0.2) is 0 Å². The topological polar surface area (TPSA) is 96.0 Å². The molecule has 0 aliphatic carbocycles. The Morgan fingerprint density at radius 1 is 1.19 bits per heavy atom. The third-order valence-corrected chi connectivity index (χ3v) is 4.09. The highest BCUT2D eigenvalue weighted by Crippen LogP contribution is 2.20. The second kappa shape index (κ2) is 7.53. The number of nitrogens with two attached hydrogens (primary N) is 1. The van der Waals surface area contributed by atoms with Gasteiger partial charge >= 0.3 is 5.97 Å². The number of carbonyl (C=O) groups excluding carboxylic acids is 1. The molecule has 3 N–H and O–H groups in total. The van der Waals surface area contributed by atoms with E-state index in [1.54, 1.807) is 18.3 Å². The quantitative estimate of drug-likeness (QED) is 0.380. The Morgan fingerprint density at radius 3 is 2.58 bits per heavy atom. The van der Waals surface area contributed by atoms with Crippen LogP contribution in [-0.4, -0.2) is 41.2 Å². The first-order valence-electron chi connectivity index (χ1n) is 8.06. The third kappa shape index (κ3) is 3.90. The maximum atomic E-state index is 12.3. The molecule has 0 fully saturated rings. The van der Waals surface area contributed by atoms with Crippen molar-refractivity contribution in [2.24, 2.45) is 10.9 Å². The molecule has 3 rings (SSSR count). The number of carboxylic acids is 1. The number of carboxylic acid groups (broad SMARTS) is 1. The van der Waals surface area contributed by atoms with E-state index in [-0.39, 0.29) is 12.5 Å². The SMILES string of the molecule is NN=Cc1ccc(C#Cc2ccc3c(c2)CCN(CC(=O)O)C3=O)cc1. The lowest BCUT2D eigenvalue weighted by molar-refractivity contribution is -0.137. The maximum Gasteiger partial charge on any atom is 0.323 e. The Kier molecular flexibility index (Phi) is 4.99. The number of nitrogens with zero attached hydrogens (tertiary/aromatic N) is 2. The highest BCUT2D eigenvalue weighted by molar-refractivity contribution is 5.98. The number of hydrazone groups is 1. The molecule has 0 unspecified atom stereocenters. The summed E-state index contributed by atoms with van der Waals surface area (Å²) in [5.41, 5.74) is 4.03. The van der Waals surface area contributed by atoms with E-state index in [2.05, 4.69) is 16.9 Å². The third-order valence-electron chi connectivity index (χ3n) is 4.09. The molecule has 1 heterocycles. The van der Waals surface area contributed by atoms with E-state index in [0.29, 0.717) is 18.5 Å². The Bertz CT molecular complexity index is 937.